The second-order valence-electron chi connectivity index (χ2n) is 3.45. The van der Waals surface area contributed by atoms with Crippen molar-refractivity contribution in [2.45, 2.75) is 13.0 Å². The predicted octanol–water partition coefficient (Wildman–Crippen LogP) is 1.40. The first-order chi connectivity index (χ1) is 7.70. The molecule has 1 aromatic carbocycles. The molecular weight excluding hydrogens is 246 g/mol. The smallest absolute Gasteiger partial charge is 0.303 e. The third kappa shape index (κ3) is 3.01. The summed E-state index contributed by atoms with van der Waals surface area (Å²) in [6.45, 7) is 1.81. The molecule has 0 fully saturated rings. The Balaban J connectivity index is 0.00000144. The number of hydrogen-bond donors (Lipinski definition) is 1. The van der Waals surface area contributed by atoms with Crippen molar-refractivity contribution >= 4 is 18.4 Å². The minimum absolute atomic E-state index is 0. The second kappa shape index (κ2) is 5.75. The second-order valence-corrected chi connectivity index (χ2v) is 3.45. The Morgan fingerprint density at radius 2 is 2.18 bits per heavy atom. The highest BCUT2D eigenvalue weighted by molar-refractivity contribution is 5.85. The lowest BCUT2D eigenvalue weighted by Crippen LogP contribution is -2.18. The van der Waals surface area contributed by atoms with E-state index in [1.807, 2.05) is 6.07 Å². The molecular formula is C11H14ClNO4. The van der Waals surface area contributed by atoms with Crippen LogP contribution in [0, 0.1) is 0 Å². The van der Waals surface area contributed by atoms with Gasteiger partial charge in [0.2, 0.25) is 6.79 Å². The molecule has 0 saturated carbocycles. The number of nitrogens with two attached hydrogens (primary N) is 1. The van der Waals surface area contributed by atoms with Gasteiger partial charge in [0.1, 0.15) is 6.10 Å². The van der Waals surface area contributed by atoms with Crippen LogP contribution in [0.25, 0.3) is 0 Å². The van der Waals surface area contributed by atoms with Crippen molar-refractivity contribution in [2.75, 3.05) is 13.3 Å². The zero-order chi connectivity index (χ0) is 11.5. The van der Waals surface area contributed by atoms with Crippen molar-refractivity contribution in [3.63, 3.8) is 0 Å². The van der Waals surface area contributed by atoms with Gasteiger partial charge < -0.3 is 19.9 Å². The molecule has 1 aliphatic rings. The summed E-state index contributed by atoms with van der Waals surface area (Å²) < 4.78 is 15.5. The van der Waals surface area contributed by atoms with E-state index in [-0.39, 0.29) is 31.7 Å². The van der Waals surface area contributed by atoms with Crippen molar-refractivity contribution < 1.29 is 19.0 Å². The Morgan fingerprint density at radius 3 is 2.82 bits per heavy atom. The Bertz CT molecular complexity index is 410. The van der Waals surface area contributed by atoms with Gasteiger partial charge in [-0.3, -0.25) is 4.79 Å². The van der Waals surface area contributed by atoms with Crippen LogP contribution in [0.15, 0.2) is 18.2 Å². The lowest BCUT2D eigenvalue weighted by molar-refractivity contribution is -0.146. The van der Waals surface area contributed by atoms with Crippen molar-refractivity contribution in [1.82, 2.24) is 0 Å². The lowest BCUT2D eigenvalue weighted by atomic mass is 10.1. The number of esters is 1. The molecule has 94 valence electrons. The highest BCUT2D eigenvalue weighted by Crippen LogP contribution is 2.34. The highest BCUT2D eigenvalue weighted by atomic mass is 35.5. The number of rotatable bonds is 3. The van der Waals surface area contributed by atoms with Crippen LogP contribution in [-0.2, 0) is 9.53 Å². The highest BCUT2D eigenvalue weighted by Gasteiger charge is 2.18. The topological polar surface area (TPSA) is 70.8 Å². The number of carbonyl (C=O) groups is 1. The van der Waals surface area contributed by atoms with E-state index in [1.165, 1.54) is 6.92 Å². The van der Waals surface area contributed by atoms with Gasteiger partial charge in [-0.25, -0.2) is 0 Å². The van der Waals surface area contributed by atoms with Crippen LogP contribution in [0.3, 0.4) is 0 Å². The molecule has 1 heterocycles. The average molecular weight is 260 g/mol. The fourth-order valence-electron chi connectivity index (χ4n) is 1.57. The number of halogens is 1. The molecule has 0 aliphatic carbocycles. The van der Waals surface area contributed by atoms with Crippen molar-refractivity contribution in [3.8, 4) is 11.5 Å². The van der Waals surface area contributed by atoms with Gasteiger partial charge in [-0.15, -0.1) is 12.4 Å². The van der Waals surface area contributed by atoms with Gasteiger partial charge in [0.25, 0.3) is 0 Å². The number of fused-ring (bicyclic) bond motifs is 1. The summed E-state index contributed by atoms with van der Waals surface area (Å²) in [5.74, 6) is 0.999. The van der Waals surface area contributed by atoms with E-state index in [2.05, 4.69) is 0 Å². The van der Waals surface area contributed by atoms with Gasteiger partial charge in [-0.1, -0.05) is 6.07 Å². The van der Waals surface area contributed by atoms with Crippen molar-refractivity contribution in [1.29, 1.82) is 0 Å². The molecule has 2 N–H and O–H groups in total. The first-order valence-corrected chi connectivity index (χ1v) is 4.97. The molecule has 1 aromatic rings. The van der Waals surface area contributed by atoms with E-state index in [0.717, 1.165) is 5.56 Å². The maximum absolute atomic E-state index is 10.9. The molecule has 2 rings (SSSR count). The standard InChI is InChI=1S/C11H13NO4.ClH/c1-7(13)16-11(5-12)8-2-3-9-10(4-8)15-6-14-9;/h2-4,11H,5-6,12H2,1H3;1H. The molecule has 6 heteroatoms. The maximum atomic E-state index is 10.9. The number of carbonyl (C=O) groups excluding carboxylic acids is 1. The Hall–Kier alpha value is -1.46. The summed E-state index contributed by atoms with van der Waals surface area (Å²) in [6.07, 6.45) is -0.438. The van der Waals surface area contributed by atoms with Crippen LogP contribution in [0.5, 0.6) is 11.5 Å². The lowest BCUT2D eigenvalue weighted by Gasteiger charge is -2.15. The summed E-state index contributed by atoms with van der Waals surface area (Å²) in [5, 5.41) is 0. The first-order valence-electron chi connectivity index (χ1n) is 4.97. The summed E-state index contributed by atoms with van der Waals surface area (Å²) in [7, 11) is 0. The third-order valence-electron chi connectivity index (χ3n) is 2.29. The van der Waals surface area contributed by atoms with Crippen LogP contribution in [0.1, 0.15) is 18.6 Å². The summed E-state index contributed by atoms with van der Waals surface area (Å²) in [5.41, 5.74) is 6.36. The van der Waals surface area contributed by atoms with E-state index in [0.29, 0.717) is 11.5 Å². The molecule has 1 atom stereocenters. The Labute approximate surface area is 105 Å². The SMILES string of the molecule is CC(=O)OC(CN)c1ccc2c(c1)OCO2.Cl. The van der Waals surface area contributed by atoms with Gasteiger partial charge in [-0.2, -0.15) is 0 Å². The minimum Gasteiger partial charge on any atom is -0.456 e. The molecule has 1 aliphatic heterocycles. The van der Waals surface area contributed by atoms with E-state index in [9.17, 15) is 4.79 Å². The fraction of sp³-hybridized carbons (Fsp3) is 0.364. The zero-order valence-electron chi connectivity index (χ0n) is 9.34. The maximum Gasteiger partial charge on any atom is 0.303 e. The van der Waals surface area contributed by atoms with Gasteiger partial charge in [0, 0.05) is 13.5 Å². The van der Waals surface area contributed by atoms with Crippen molar-refractivity contribution in [2.24, 2.45) is 5.73 Å². The third-order valence-corrected chi connectivity index (χ3v) is 2.29. The minimum atomic E-state index is -0.438. The summed E-state index contributed by atoms with van der Waals surface area (Å²) in [6, 6.07) is 5.38. The predicted molar refractivity (Wildman–Crippen MR) is 63.4 cm³/mol. The Morgan fingerprint density at radius 1 is 1.47 bits per heavy atom. The normalized spacial score (nSPS) is 13.8. The molecule has 0 aromatic heterocycles. The molecule has 0 bridgehead atoms. The summed E-state index contributed by atoms with van der Waals surface area (Å²) in [4.78, 5) is 10.9. The number of benzene rings is 1. The van der Waals surface area contributed by atoms with Gasteiger partial charge in [-0.05, 0) is 17.7 Å². The quantitative estimate of drug-likeness (QED) is 0.831. The molecule has 0 radical (unpaired) electrons. The van der Waals surface area contributed by atoms with Crippen LogP contribution in [0.4, 0.5) is 0 Å². The molecule has 0 saturated heterocycles. The van der Waals surface area contributed by atoms with Crippen LogP contribution >= 0.6 is 12.4 Å². The Kier molecular flexibility index (Phi) is 4.60. The van der Waals surface area contributed by atoms with Crippen LogP contribution < -0.4 is 15.2 Å². The first kappa shape index (κ1) is 13.6. The van der Waals surface area contributed by atoms with E-state index < -0.39 is 6.10 Å². The summed E-state index contributed by atoms with van der Waals surface area (Å²) >= 11 is 0. The molecule has 5 nitrogen and oxygen atoms in total. The number of ether oxygens (including phenoxy) is 3. The van der Waals surface area contributed by atoms with Gasteiger partial charge >= 0.3 is 5.97 Å². The largest absolute Gasteiger partial charge is 0.456 e. The van der Waals surface area contributed by atoms with Crippen molar-refractivity contribution in [3.05, 3.63) is 23.8 Å². The van der Waals surface area contributed by atoms with E-state index >= 15 is 0 Å². The van der Waals surface area contributed by atoms with Gasteiger partial charge in [0.05, 0.1) is 0 Å². The van der Waals surface area contributed by atoms with E-state index in [1.54, 1.807) is 12.1 Å². The van der Waals surface area contributed by atoms with E-state index in [4.69, 9.17) is 19.9 Å². The number of hydrogen-bond acceptors (Lipinski definition) is 5. The zero-order valence-corrected chi connectivity index (χ0v) is 10.2. The molecule has 1 unspecified atom stereocenters. The average Bonchev–Trinajstić information content (AvgIpc) is 2.72. The van der Waals surface area contributed by atoms with Gasteiger partial charge in [0.15, 0.2) is 11.5 Å². The molecule has 0 amide bonds. The van der Waals surface area contributed by atoms with Crippen LogP contribution in [-0.4, -0.2) is 19.3 Å². The van der Waals surface area contributed by atoms with Crippen LogP contribution in [0.2, 0.25) is 0 Å². The fourth-order valence-corrected chi connectivity index (χ4v) is 1.57. The monoisotopic (exact) mass is 259 g/mol. The molecule has 17 heavy (non-hydrogen) atoms. The molecule has 0 spiro atoms.